The van der Waals surface area contributed by atoms with Crippen molar-refractivity contribution >= 4 is 11.7 Å². The first-order chi connectivity index (χ1) is 13.6. The first kappa shape index (κ1) is 18.0. The summed E-state index contributed by atoms with van der Waals surface area (Å²) < 4.78 is 34.6. The lowest BCUT2D eigenvalue weighted by molar-refractivity contribution is 0.181. The van der Waals surface area contributed by atoms with Gasteiger partial charge in [-0.15, -0.1) is 0 Å². The number of nitrogens with one attached hydrogen (secondary N) is 1. The van der Waals surface area contributed by atoms with Gasteiger partial charge in [-0.3, -0.25) is 0 Å². The Morgan fingerprint density at radius 2 is 1.96 bits per heavy atom. The zero-order chi connectivity index (χ0) is 19.7. The summed E-state index contributed by atoms with van der Waals surface area (Å²) in [5.74, 6) is -0.821. The molecule has 0 radical (unpaired) electrons. The van der Waals surface area contributed by atoms with E-state index in [1.807, 2.05) is 42.6 Å². The topological polar surface area (TPSA) is 46.5 Å². The molecule has 2 heterocycles. The number of methoxy groups -OCH3 is 1. The van der Waals surface area contributed by atoms with E-state index >= 15 is 0 Å². The number of benzene rings is 2. The first-order valence-corrected chi connectivity index (χ1v) is 8.88. The predicted octanol–water partition coefficient (Wildman–Crippen LogP) is 4.41. The molecule has 3 aromatic rings. The summed E-state index contributed by atoms with van der Waals surface area (Å²) in [7, 11) is 1.59. The van der Waals surface area contributed by atoms with Crippen LogP contribution < -0.4 is 10.1 Å². The number of rotatable bonds is 3. The van der Waals surface area contributed by atoms with Crippen LogP contribution in [0.25, 0.3) is 0 Å². The molecular weight excluding hydrogens is 364 g/mol. The smallest absolute Gasteiger partial charge is 0.322 e. The molecule has 1 unspecified atom stereocenters. The first-order valence-electron chi connectivity index (χ1n) is 8.88. The van der Waals surface area contributed by atoms with Crippen molar-refractivity contribution in [3.63, 3.8) is 0 Å². The summed E-state index contributed by atoms with van der Waals surface area (Å²) in [6.07, 6.45) is 1.97. The van der Waals surface area contributed by atoms with Gasteiger partial charge in [0.25, 0.3) is 0 Å². The van der Waals surface area contributed by atoms with E-state index in [1.165, 1.54) is 6.07 Å². The van der Waals surface area contributed by atoms with Crippen LogP contribution in [0.5, 0.6) is 5.75 Å². The van der Waals surface area contributed by atoms with E-state index in [4.69, 9.17) is 4.74 Å². The van der Waals surface area contributed by atoms with Gasteiger partial charge < -0.3 is 19.5 Å². The molecule has 0 saturated carbocycles. The molecule has 2 amide bonds. The minimum atomic E-state index is -0.813. The van der Waals surface area contributed by atoms with Gasteiger partial charge in [0.2, 0.25) is 0 Å². The molecule has 0 aliphatic carbocycles. The number of urea groups is 1. The Balaban J connectivity index is 1.69. The van der Waals surface area contributed by atoms with Crippen molar-refractivity contribution < 1.29 is 18.3 Å². The Morgan fingerprint density at radius 3 is 2.75 bits per heavy atom. The molecular formula is C21H19F2N3O2. The van der Waals surface area contributed by atoms with E-state index in [9.17, 15) is 13.6 Å². The monoisotopic (exact) mass is 383 g/mol. The van der Waals surface area contributed by atoms with Crippen LogP contribution in [-0.4, -0.2) is 29.2 Å². The van der Waals surface area contributed by atoms with Gasteiger partial charge in [0.05, 0.1) is 18.8 Å². The molecule has 0 spiro atoms. The zero-order valence-electron chi connectivity index (χ0n) is 15.2. The molecule has 1 atom stereocenters. The van der Waals surface area contributed by atoms with Gasteiger partial charge in [0.15, 0.2) is 0 Å². The molecule has 1 N–H and O–H groups in total. The fourth-order valence-corrected chi connectivity index (χ4v) is 3.54. The van der Waals surface area contributed by atoms with Gasteiger partial charge in [0.1, 0.15) is 17.4 Å². The molecule has 1 aliphatic rings. The number of hydrogen-bond acceptors (Lipinski definition) is 2. The highest BCUT2D eigenvalue weighted by molar-refractivity contribution is 5.90. The van der Waals surface area contributed by atoms with Crippen molar-refractivity contribution in [3.8, 4) is 5.75 Å². The number of carbonyl (C=O) groups is 1. The average Bonchev–Trinajstić information content (AvgIpc) is 3.18. The van der Waals surface area contributed by atoms with Crippen LogP contribution in [0.1, 0.15) is 17.3 Å². The molecule has 0 fully saturated rings. The molecule has 0 bridgehead atoms. The van der Waals surface area contributed by atoms with Crippen LogP contribution in [0, 0.1) is 11.6 Å². The molecule has 1 aliphatic heterocycles. The third-order valence-electron chi connectivity index (χ3n) is 4.88. The number of fused-ring (bicyclic) bond motifs is 1. The fourth-order valence-electron chi connectivity index (χ4n) is 3.54. The summed E-state index contributed by atoms with van der Waals surface area (Å²) in [6, 6.07) is 13.7. The lowest BCUT2D eigenvalue weighted by Crippen LogP contribution is -2.44. The summed E-state index contributed by atoms with van der Waals surface area (Å²) >= 11 is 0. The molecule has 144 valence electrons. The Kier molecular flexibility index (Phi) is 4.73. The van der Waals surface area contributed by atoms with Gasteiger partial charge >= 0.3 is 6.03 Å². The summed E-state index contributed by atoms with van der Waals surface area (Å²) in [4.78, 5) is 14.6. The summed E-state index contributed by atoms with van der Waals surface area (Å²) in [5, 5.41) is 2.56. The maximum atomic E-state index is 14.0. The second-order valence-corrected chi connectivity index (χ2v) is 6.55. The Labute approximate surface area is 161 Å². The van der Waals surface area contributed by atoms with Crippen LogP contribution >= 0.6 is 0 Å². The SMILES string of the molecule is COc1cccc(C2c3cccn3CCN2C(=O)Nc2ccc(F)cc2F)c1. The number of ether oxygens (including phenoxy) is 1. The van der Waals surface area contributed by atoms with Crippen molar-refractivity contribution in [1.29, 1.82) is 0 Å². The minimum Gasteiger partial charge on any atom is -0.497 e. The maximum absolute atomic E-state index is 14.0. The lowest BCUT2D eigenvalue weighted by atomic mass is 10.00. The normalized spacial score (nSPS) is 15.8. The molecule has 2 aromatic carbocycles. The highest BCUT2D eigenvalue weighted by Crippen LogP contribution is 2.34. The number of aromatic nitrogens is 1. The Morgan fingerprint density at radius 1 is 1.11 bits per heavy atom. The van der Waals surface area contributed by atoms with Gasteiger partial charge in [-0.25, -0.2) is 13.6 Å². The number of halogens is 2. The van der Waals surface area contributed by atoms with Crippen molar-refractivity contribution in [3.05, 3.63) is 83.7 Å². The number of nitrogens with zero attached hydrogens (tertiary/aromatic N) is 2. The highest BCUT2D eigenvalue weighted by atomic mass is 19.1. The van der Waals surface area contributed by atoms with Crippen LogP contribution in [0.3, 0.4) is 0 Å². The van der Waals surface area contributed by atoms with Gasteiger partial charge in [-0.2, -0.15) is 0 Å². The number of amides is 2. The third-order valence-corrected chi connectivity index (χ3v) is 4.88. The summed E-state index contributed by atoms with van der Waals surface area (Å²) in [5.41, 5.74) is 1.78. The highest BCUT2D eigenvalue weighted by Gasteiger charge is 2.32. The predicted molar refractivity (Wildman–Crippen MR) is 101 cm³/mol. The fraction of sp³-hybridized carbons (Fsp3) is 0.190. The van der Waals surface area contributed by atoms with Crippen LogP contribution in [0.2, 0.25) is 0 Å². The van der Waals surface area contributed by atoms with Crippen molar-refractivity contribution in [1.82, 2.24) is 9.47 Å². The van der Waals surface area contributed by atoms with Crippen molar-refractivity contribution in [2.45, 2.75) is 12.6 Å². The number of carbonyl (C=O) groups excluding carboxylic acids is 1. The van der Waals surface area contributed by atoms with E-state index in [0.717, 1.165) is 23.4 Å². The third kappa shape index (κ3) is 3.31. The van der Waals surface area contributed by atoms with Gasteiger partial charge in [-0.1, -0.05) is 12.1 Å². The van der Waals surface area contributed by atoms with E-state index < -0.39 is 17.7 Å². The van der Waals surface area contributed by atoms with Crippen molar-refractivity contribution in [2.75, 3.05) is 19.0 Å². The number of anilines is 1. The lowest BCUT2D eigenvalue weighted by Gasteiger charge is -2.37. The van der Waals surface area contributed by atoms with E-state index in [1.54, 1.807) is 12.0 Å². The van der Waals surface area contributed by atoms with Crippen LogP contribution in [0.15, 0.2) is 60.8 Å². The van der Waals surface area contributed by atoms with Crippen LogP contribution in [0.4, 0.5) is 19.3 Å². The van der Waals surface area contributed by atoms with Crippen LogP contribution in [-0.2, 0) is 6.54 Å². The molecule has 5 nitrogen and oxygen atoms in total. The molecule has 4 rings (SSSR count). The Hall–Kier alpha value is -3.35. The molecule has 1 aromatic heterocycles. The molecule has 7 heteroatoms. The van der Waals surface area contributed by atoms with E-state index in [-0.39, 0.29) is 11.7 Å². The molecule has 0 saturated heterocycles. The number of hydrogen-bond donors (Lipinski definition) is 1. The standard InChI is InChI=1S/C21H19F2N3O2/c1-28-16-5-2-4-14(12-16)20-19-6-3-9-25(19)10-11-26(20)21(27)24-18-8-7-15(22)13-17(18)23/h2-9,12-13,20H,10-11H2,1H3,(H,24,27). The molecule has 28 heavy (non-hydrogen) atoms. The second-order valence-electron chi connectivity index (χ2n) is 6.55. The zero-order valence-corrected chi connectivity index (χ0v) is 15.2. The van der Waals surface area contributed by atoms with Gasteiger partial charge in [0, 0.05) is 31.0 Å². The largest absolute Gasteiger partial charge is 0.497 e. The van der Waals surface area contributed by atoms with E-state index in [2.05, 4.69) is 9.88 Å². The van der Waals surface area contributed by atoms with Gasteiger partial charge in [-0.05, 0) is 42.0 Å². The van der Waals surface area contributed by atoms with Crippen molar-refractivity contribution in [2.24, 2.45) is 0 Å². The quantitative estimate of drug-likeness (QED) is 0.728. The maximum Gasteiger partial charge on any atom is 0.322 e. The minimum absolute atomic E-state index is 0.0586. The average molecular weight is 383 g/mol. The summed E-state index contributed by atoms with van der Waals surface area (Å²) in [6.45, 7) is 1.07. The Bertz CT molecular complexity index is 1020. The van der Waals surface area contributed by atoms with E-state index in [0.29, 0.717) is 18.8 Å². The second kappa shape index (κ2) is 7.34.